The molecule has 0 radical (unpaired) electrons. The van der Waals surface area contributed by atoms with Crippen LogP contribution in [-0.4, -0.2) is 30.4 Å². The van der Waals surface area contributed by atoms with Crippen LogP contribution in [-0.2, 0) is 23.9 Å². The molecular weight excluding hydrogens is 236 g/mol. The Morgan fingerprint density at radius 1 is 1.56 bits per heavy atom. The number of carbonyl (C=O) groups excluding carboxylic acids is 3. The molecule has 1 rings (SSSR count). The second kappa shape index (κ2) is 5.80. The zero-order valence-corrected chi connectivity index (χ0v) is 10.7. The molecule has 0 amide bonds. The van der Waals surface area contributed by atoms with Crippen molar-refractivity contribution in [3.63, 3.8) is 0 Å². The summed E-state index contributed by atoms with van der Waals surface area (Å²) in [4.78, 5) is 35.1. The Labute approximate surface area is 106 Å². The third kappa shape index (κ3) is 2.60. The van der Waals surface area contributed by atoms with Gasteiger partial charge in [0.15, 0.2) is 11.2 Å². The molecule has 1 aliphatic carbocycles. The van der Waals surface area contributed by atoms with Gasteiger partial charge in [0.1, 0.15) is 12.7 Å². The van der Waals surface area contributed by atoms with Crippen LogP contribution in [0.5, 0.6) is 0 Å². The van der Waals surface area contributed by atoms with E-state index in [4.69, 9.17) is 9.47 Å². The highest BCUT2D eigenvalue weighted by molar-refractivity contribution is 6.06. The van der Waals surface area contributed by atoms with Gasteiger partial charge >= 0.3 is 11.9 Å². The molecule has 0 N–H and O–H groups in total. The fourth-order valence-corrected chi connectivity index (χ4v) is 2.32. The highest BCUT2D eigenvalue weighted by Crippen LogP contribution is 2.40. The predicted molar refractivity (Wildman–Crippen MR) is 63.7 cm³/mol. The first kappa shape index (κ1) is 14.4. The van der Waals surface area contributed by atoms with Crippen LogP contribution in [0.1, 0.15) is 33.1 Å². The highest BCUT2D eigenvalue weighted by Gasteiger charge is 2.55. The van der Waals surface area contributed by atoms with Crippen molar-refractivity contribution in [1.82, 2.24) is 0 Å². The van der Waals surface area contributed by atoms with E-state index in [1.54, 1.807) is 6.92 Å². The normalized spacial score (nSPS) is 24.4. The Morgan fingerprint density at radius 2 is 2.22 bits per heavy atom. The number of ether oxygens (including phenoxy) is 2. The lowest BCUT2D eigenvalue weighted by atomic mass is 9.80. The fraction of sp³-hybridized carbons (Fsp3) is 0.615. The monoisotopic (exact) mass is 254 g/mol. The number of rotatable bonds is 5. The van der Waals surface area contributed by atoms with Gasteiger partial charge in [-0.1, -0.05) is 12.7 Å². The first-order valence-corrected chi connectivity index (χ1v) is 5.93. The van der Waals surface area contributed by atoms with Crippen molar-refractivity contribution in [2.24, 2.45) is 5.41 Å². The minimum Gasteiger partial charge on any atom is -0.461 e. The lowest BCUT2D eigenvalue weighted by Crippen LogP contribution is -2.47. The highest BCUT2D eigenvalue weighted by atomic mass is 16.6. The fourth-order valence-electron chi connectivity index (χ4n) is 2.32. The van der Waals surface area contributed by atoms with E-state index in [9.17, 15) is 14.4 Å². The molecule has 0 aromatic carbocycles. The third-order valence-electron chi connectivity index (χ3n) is 3.21. The number of hydrogen-bond acceptors (Lipinski definition) is 5. The van der Waals surface area contributed by atoms with Crippen molar-refractivity contribution in [3.05, 3.63) is 12.7 Å². The molecule has 0 bridgehead atoms. The van der Waals surface area contributed by atoms with Crippen molar-refractivity contribution >= 4 is 17.7 Å². The minimum atomic E-state index is -1.34. The smallest absolute Gasteiger partial charge is 0.323 e. The van der Waals surface area contributed by atoms with Crippen LogP contribution in [0.25, 0.3) is 0 Å². The van der Waals surface area contributed by atoms with Gasteiger partial charge in [-0.3, -0.25) is 14.4 Å². The predicted octanol–water partition coefficient (Wildman–Crippen LogP) is 1.41. The van der Waals surface area contributed by atoms with Crippen LogP contribution >= 0.6 is 0 Å². The Bertz CT molecular complexity index is 374. The Hall–Kier alpha value is -1.65. The first-order chi connectivity index (χ1) is 8.45. The lowest BCUT2D eigenvalue weighted by molar-refractivity contribution is -0.172. The minimum absolute atomic E-state index is 0.0423. The maximum Gasteiger partial charge on any atom is 0.323 e. The standard InChI is InChI=1S/C13H18O5/c1-4-8-17-12(16)13(7-5-6-11(13)15)9(2)18-10(3)14/h4,9H,1,5-8H2,2-3H3. The maximum atomic E-state index is 12.1. The summed E-state index contributed by atoms with van der Waals surface area (Å²) in [5.74, 6) is -1.36. The average Bonchev–Trinajstić information content (AvgIpc) is 2.68. The van der Waals surface area contributed by atoms with Crippen molar-refractivity contribution in [2.45, 2.75) is 39.2 Å². The number of Topliss-reactive ketones (excluding diaryl/α,β-unsaturated/α-hetero) is 1. The second-order valence-corrected chi connectivity index (χ2v) is 4.39. The summed E-state index contributed by atoms with van der Waals surface area (Å²) in [5, 5.41) is 0. The van der Waals surface area contributed by atoms with Gasteiger partial charge in [-0.15, -0.1) is 0 Å². The van der Waals surface area contributed by atoms with E-state index in [2.05, 4.69) is 6.58 Å². The van der Waals surface area contributed by atoms with Crippen molar-refractivity contribution in [3.8, 4) is 0 Å². The van der Waals surface area contributed by atoms with E-state index >= 15 is 0 Å². The van der Waals surface area contributed by atoms with Gasteiger partial charge in [0.05, 0.1) is 0 Å². The zero-order chi connectivity index (χ0) is 13.8. The first-order valence-electron chi connectivity index (χ1n) is 5.93. The largest absolute Gasteiger partial charge is 0.461 e. The number of carbonyl (C=O) groups is 3. The van der Waals surface area contributed by atoms with Gasteiger partial charge in [-0.05, 0) is 19.8 Å². The average molecular weight is 254 g/mol. The van der Waals surface area contributed by atoms with E-state index < -0.39 is 23.5 Å². The molecule has 0 saturated heterocycles. The van der Waals surface area contributed by atoms with E-state index in [1.165, 1.54) is 13.0 Å². The summed E-state index contributed by atoms with van der Waals surface area (Å²) >= 11 is 0. The number of esters is 2. The summed E-state index contributed by atoms with van der Waals surface area (Å²) in [6.07, 6.45) is 1.91. The van der Waals surface area contributed by atoms with Crippen LogP contribution < -0.4 is 0 Å². The molecule has 2 unspecified atom stereocenters. The molecule has 0 spiro atoms. The molecule has 0 aromatic heterocycles. The molecule has 0 aromatic rings. The Balaban J connectivity index is 2.95. The lowest BCUT2D eigenvalue weighted by Gasteiger charge is -2.30. The van der Waals surface area contributed by atoms with Crippen LogP contribution in [0.2, 0.25) is 0 Å². The summed E-state index contributed by atoms with van der Waals surface area (Å²) in [6.45, 7) is 6.29. The molecule has 18 heavy (non-hydrogen) atoms. The number of hydrogen-bond donors (Lipinski definition) is 0. The van der Waals surface area contributed by atoms with Gasteiger partial charge in [0.2, 0.25) is 0 Å². The van der Waals surface area contributed by atoms with Crippen LogP contribution in [0.4, 0.5) is 0 Å². The summed E-state index contributed by atoms with van der Waals surface area (Å²) < 4.78 is 10.0. The quantitative estimate of drug-likeness (QED) is 0.421. The molecule has 0 heterocycles. The Kier molecular flexibility index (Phi) is 4.64. The zero-order valence-electron chi connectivity index (χ0n) is 10.7. The van der Waals surface area contributed by atoms with Gasteiger partial charge < -0.3 is 9.47 Å². The topological polar surface area (TPSA) is 69.7 Å². The summed E-state index contributed by atoms with van der Waals surface area (Å²) in [6, 6.07) is 0. The molecule has 0 aliphatic heterocycles. The van der Waals surface area contributed by atoms with E-state index in [1.807, 2.05) is 0 Å². The molecule has 1 saturated carbocycles. The van der Waals surface area contributed by atoms with Gasteiger partial charge in [-0.2, -0.15) is 0 Å². The molecule has 1 fully saturated rings. The van der Waals surface area contributed by atoms with Crippen LogP contribution in [0, 0.1) is 5.41 Å². The van der Waals surface area contributed by atoms with Crippen LogP contribution in [0.15, 0.2) is 12.7 Å². The maximum absolute atomic E-state index is 12.1. The molecule has 1 aliphatic rings. The SMILES string of the molecule is C=CCOC(=O)C1(C(C)OC(C)=O)CCCC1=O. The van der Waals surface area contributed by atoms with Crippen molar-refractivity contribution in [2.75, 3.05) is 6.61 Å². The van der Waals surface area contributed by atoms with E-state index in [0.717, 1.165) is 0 Å². The Morgan fingerprint density at radius 3 is 2.67 bits per heavy atom. The van der Waals surface area contributed by atoms with Gasteiger partial charge in [0.25, 0.3) is 0 Å². The number of ketones is 1. The molecule has 2 atom stereocenters. The van der Waals surface area contributed by atoms with E-state index in [-0.39, 0.29) is 12.4 Å². The molecular formula is C13H18O5. The van der Waals surface area contributed by atoms with Crippen molar-refractivity contribution in [1.29, 1.82) is 0 Å². The van der Waals surface area contributed by atoms with Crippen LogP contribution in [0.3, 0.4) is 0 Å². The third-order valence-corrected chi connectivity index (χ3v) is 3.21. The second-order valence-electron chi connectivity index (χ2n) is 4.39. The molecule has 5 nitrogen and oxygen atoms in total. The van der Waals surface area contributed by atoms with Gasteiger partial charge in [0, 0.05) is 13.3 Å². The van der Waals surface area contributed by atoms with Crippen molar-refractivity contribution < 1.29 is 23.9 Å². The summed E-state index contributed by atoms with van der Waals surface area (Å²) in [5.41, 5.74) is -1.34. The molecule has 100 valence electrons. The summed E-state index contributed by atoms with van der Waals surface area (Å²) in [7, 11) is 0. The van der Waals surface area contributed by atoms with Gasteiger partial charge in [-0.25, -0.2) is 0 Å². The van der Waals surface area contributed by atoms with E-state index in [0.29, 0.717) is 19.3 Å². The molecule has 5 heteroatoms.